The normalized spacial score (nSPS) is 17.5. The minimum atomic E-state index is -3.25. The van der Waals surface area contributed by atoms with Crippen molar-refractivity contribution in [2.45, 2.75) is 70.9 Å². The maximum absolute atomic E-state index is 15.1. The van der Waals surface area contributed by atoms with Gasteiger partial charge in [-0.15, -0.1) is 0 Å². The summed E-state index contributed by atoms with van der Waals surface area (Å²) in [5.74, 6) is -2.47. The van der Waals surface area contributed by atoms with E-state index >= 15 is 4.39 Å². The van der Waals surface area contributed by atoms with Gasteiger partial charge in [0, 0.05) is 56.3 Å². The number of nitrogens with one attached hydrogen (secondary N) is 1. The molecule has 39 heavy (non-hydrogen) atoms. The third-order valence-corrected chi connectivity index (χ3v) is 7.97. The summed E-state index contributed by atoms with van der Waals surface area (Å²) in [5, 5.41) is 13.8. The number of rotatable bonds is 8. The van der Waals surface area contributed by atoms with Gasteiger partial charge in [-0.25, -0.2) is 28.1 Å². The van der Waals surface area contributed by atoms with Crippen LogP contribution in [0.2, 0.25) is 0 Å². The van der Waals surface area contributed by atoms with Gasteiger partial charge in [-0.3, -0.25) is 4.90 Å². The van der Waals surface area contributed by atoms with E-state index in [4.69, 9.17) is 4.98 Å². The average molecular weight is 538 g/mol. The molecule has 5 rings (SSSR count). The van der Waals surface area contributed by atoms with Crippen molar-refractivity contribution in [2.24, 2.45) is 0 Å². The van der Waals surface area contributed by atoms with Crippen LogP contribution in [0.1, 0.15) is 62.5 Å². The Labute approximate surface area is 227 Å². The van der Waals surface area contributed by atoms with Gasteiger partial charge in [-0.05, 0) is 39.7 Å². The second-order valence-electron chi connectivity index (χ2n) is 10.9. The van der Waals surface area contributed by atoms with Crippen molar-refractivity contribution in [3.8, 4) is 6.07 Å². The smallest absolute Gasteiger partial charge is 0.275 e. The zero-order valence-corrected chi connectivity index (χ0v) is 22.9. The Kier molecular flexibility index (Phi) is 7.14. The Bertz CT molecular complexity index is 1420. The maximum atomic E-state index is 15.1. The molecular weight excluding hydrogens is 503 g/mol. The predicted molar refractivity (Wildman–Crippen MR) is 145 cm³/mol. The lowest BCUT2D eigenvalue weighted by Crippen LogP contribution is -2.49. The highest BCUT2D eigenvalue weighted by molar-refractivity contribution is 5.89. The lowest BCUT2D eigenvalue weighted by Gasteiger charge is -2.38. The number of nitrogens with zero attached hydrogens (tertiary/aromatic N) is 6. The van der Waals surface area contributed by atoms with Gasteiger partial charge in [0.25, 0.3) is 5.92 Å². The fraction of sp³-hybridized carbons (Fsp3) is 0.517. The summed E-state index contributed by atoms with van der Waals surface area (Å²) in [7, 11) is 0. The molecule has 3 heterocycles. The van der Waals surface area contributed by atoms with Gasteiger partial charge in [-0.2, -0.15) is 5.26 Å². The predicted octanol–water partition coefficient (Wildman–Crippen LogP) is 5.67. The summed E-state index contributed by atoms with van der Waals surface area (Å²) in [5.41, 5.74) is 0.259. The Morgan fingerprint density at radius 2 is 1.85 bits per heavy atom. The van der Waals surface area contributed by atoms with Crippen LogP contribution >= 0.6 is 0 Å². The number of fused-ring (bicyclic) bond motifs is 1. The van der Waals surface area contributed by atoms with Crippen LogP contribution in [-0.4, -0.2) is 52.1 Å². The number of piperazine rings is 1. The van der Waals surface area contributed by atoms with Crippen LogP contribution in [0.5, 0.6) is 0 Å². The Hall–Kier alpha value is -3.45. The molecule has 0 spiro atoms. The molecule has 0 unspecified atom stereocenters. The minimum absolute atomic E-state index is 0.0390. The Morgan fingerprint density at radius 1 is 1.13 bits per heavy atom. The largest absolute Gasteiger partial charge is 0.365 e. The van der Waals surface area contributed by atoms with Crippen LogP contribution in [0.25, 0.3) is 11.0 Å². The molecule has 0 atom stereocenters. The van der Waals surface area contributed by atoms with Crippen LogP contribution < -0.4 is 10.2 Å². The van der Waals surface area contributed by atoms with Crippen molar-refractivity contribution in [2.75, 3.05) is 36.4 Å². The highest BCUT2D eigenvalue weighted by Gasteiger charge is 2.48. The van der Waals surface area contributed by atoms with E-state index in [9.17, 15) is 14.0 Å². The number of halogens is 3. The summed E-state index contributed by atoms with van der Waals surface area (Å²) in [6.45, 7) is 10.9. The number of alkyl halides is 2. The molecule has 1 N–H and O–H groups in total. The average Bonchev–Trinajstić information content (AvgIpc) is 3.73. The number of benzene rings is 1. The molecule has 0 radical (unpaired) electrons. The summed E-state index contributed by atoms with van der Waals surface area (Å²) in [6, 6.07) is 8.97. The van der Waals surface area contributed by atoms with Crippen molar-refractivity contribution in [1.29, 1.82) is 5.26 Å². The first-order valence-corrected chi connectivity index (χ1v) is 13.6. The van der Waals surface area contributed by atoms with E-state index in [0.717, 1.165) is 56.5 Å². The van der Waals surface area contributed by atoms with E-state index in [-0.39, 0.29) is 12.1 Å². The van der Waals surface area contributed by atoms with E-state index in [2.05, 4.69) is 45.0 Å². The molecule has 2 aromatic heterocycles. The van der Waals surface area contributed by atoms with E-state index in [0.29, 0.717) is 28.7 Å². The summed E-state index contributed by atoms with van der Waals surface area (Å²) in [6.07, 6.45) is 1.03. The third-order valence-electron chi connectivity index (χ3n) is 7.97. The quantitative estimate of drug-likeness (QED) is 0.396. The minimum Gasteiger partial charge on any atom is -0.365 e. The van der Waals surface area contributed by atoms with Crippen LogP contribution in [0.3, 0.4) is 0 Å². The monoisotopic (exact) mass is 537 g/mol. The maximum Gasteiger partial charge on any atom is 0.275 e. The fourth-order valence-electron chi connectivity index (χ4n) is 5.27. The van der Waals surface area contributed by atoms with E-state index < -0.39 is 29.1 Å². The van der Waals surface area contributed by atoms with E-state index in [1.165, 1.54) is 19.1 Å². The van der Waals surface area contributed by atoms with Crippen molar-refractivity contribution in [3.05, 3.63) is 52.6 Å². The highest BCUT2D eigenvalue weighted by atomic mass is 19.3. The van der Waals surface area contributed by atoms with Crippen LogP contribution in [0.15, 0.2) is 24.3 Å². The molecule has 1 aliphatic carbocycles. The number of pyridine rings is 1. The van der Waals surface area contributed by atoms with Gasteiger partial charge >= 0.3 is 0 Å². The second-order valence-corrected chi connectivity index (χ2v) is 10.9. The molecule has 1 saturated heterocycles. The van der Waals surface area contributed by atoms with Gasteiger partial charge in [0.2, 0.25) is 0 Å². The Morgan fingerprint density at radius 3 is 2.46 bits per heavy atom. The molecule has 7 nitrogen and oxygen atoms in total. The number of hydrogen-bond donors (Lipinski definition) is 1. The van der Waals surface area contributed by atoms with Gasteiger partial charge in [0.15, 0.2) is 5.65 Å². The zero-order chi connectivity index (χ0) is 27.9. The standard InChI is InChI=1S/C29H34F3N7/c1-5-29(31,32)22-8-6-7-20(24(22)30)16-34-25-21-15-23(28(17-33)9-10-28)27(37-26(21)36-19(4)35-25)39-13-11-38(12-14-39)18(2)3/h6-8,15,18H,5,9-14,16H2,1-4H3,(H,34,35,36,37). The van der Waals surface area contributed by atoms with Gasteiger partial charge in [0.1, 0.15) is 23.3 Å². The molecular formula is C29H34F3N7. The first kappa shape index (κ1) is 27.1. The second kappa shape index (κ2) is 10.3. The molecule has 206 valence electrons. The van der Waals surface area contributed by atoms with Crippen LogP contribution in [0, 0.1) is 24.1 Å². The first-order valence-electron chi connectivity index (χ1n) is 13.6. The number of aromatic nitrogens is 3. The summed E-state index contributed by atoms with van der Waals surface area (Å²) < 4.78 is 43.6. The highest BCUT2D eigenvalue weighted by Crippen LogP contribution is 2.51. The van der Waals surface area contributed by atoms with Gasteiger partial charge < -0.3 is 10.2 Å². The lowest BCUT2D eigenvalue weighted by molar-refractivity contribution is -0.0118. The number of aryl methyl sites for hydroxylation is 1. The fourth-order valence-corrected chi connectivity index (χ4v) is 5.27. The molecule has 1 aromatic carbocycles. The van der Waals surface area contributed by atoms with Crippen molar-refractivity contribution in [1.82, 2.24) is 19.9 Å². The molecule has 2 aliphatic rings. The topological polar surface area (TPSA) is 81.0 Å². The molecule has 2 fully saturated rings. The zero-order valence-electron chi connectivity index (χ0n) is 22.9. The van der Waals surface area contributed by atoms with E-state index in [1.54, 1.807) is 6.92 Å². The third kappa shape index (κ3) is 5.12. The first-order chi connectivity index (χ1) is 18.6. The molecule has 0 bridgehead atoms. The molecule has 0 amide bonds. The Balaban J connectivity index is 1.52. The van der Waals surface area contributed by atoms with Crippen molar-refractivity contribution in [3.63, 3.8) is 0 Å². The molecule has 1 aliphatic heterocycles. The number of hydrogen-bond acceptors (Lipinski definition) is 7. The van der Waals surface area contributed by atoms with Crippen molar-refractivity contribution < 1.29 is 13.2 Å². The number of nitriles is 1. The lowest BCUT2D eigenvalue weighted by atomic mass is 9.96. The van der Waals surface area contributed by atoms with Gasteiger partial charge in [0.05, 0.1) is 22.4 Å². The summed E-state index contributed by atoms with van der Waals surface area (Å²) >= 11 is 0. The summed E-state index contributed by atoms with van der Waals surface area (Å²) in [4.78, 5) is 18.7. The van der Waals surface area contributed by atoms with Gasteiger partial charge in [-0.1, -0.05) is 25.1 Å². The number of anilines is 2. The molecule has 1 saturated carbocycles. The molecule has 3 aromatic rings. The molecule has 10 heteroatoms. The van der Waals surface area contributed by atoms with E-state index in [1.807, 2.05) is 6.07 Å². The van der Waals surface area contributed by atoms with Crippen LogP contribution in [0.4, 0.5) is 24.8 Å². The van der Waals surface area contributed by atoms with Crippen LogP contribution in [-0.2, 0) is 17.9 Å². The SMILES string of the molecule is CCC(F)(F)c1cccc(CNc2nc(C)nc3nc(N4CCN(C(C)C)CC4)c(C4(C#N)CC4)cc23)c1F. The van der Waals surface area contributed by atoms with Crippen molar-refractivity contribution >= 4 is 22.7 Å².